The molecule has 0 bridgehead atoms. The lowest BCUT2D eigenvalue weighted by Gasteiger charge is -2.26. The van der Waals surface area contributed by atoms with E-state index in [1.54, 1.807) is 0 Å². The number of hydrogen-bond donors (Lipinski definition) is 0. The molecule has 0 N–H and O–H groups in total. The molecule has 150 valence electrons. The number of hydrogen-bond acceptors (Lipinski definition) is 5. The summed E-state index contributed by atoms with van der Waals surface area (Å²) in [6.07, 6.45) is -0.197. The minimum atomic E-state index is -0.654. The molecule has 4 atom stereocenters. The zero-order valence-electron chi connectivity index (χ0n) is 16.5. The number of benzene rings is 2. The molecule has 0 aliphatic carbocycles. The van der Waals surface area contributed by atoms with E-state index in [0.29, 0.717) is 19.8 Å². The van der Waals surface area contributed by atoms with E-state index in [1.165, 1.54) is 0 Å². The van der Waals surface area contributed by atoms with Crippen LogP contribution in [0.2, 0.25) is 0 Å². The third-order valence-electron chi connectivity index (χ3n) is 5.03. The summed E-state index contributed by atoms with van der Waals surface area (Å²) in [5.74, 6) is -0.654. The van der Waals surface area contributed by atoms with Crippen molar-refractivity contribution < 1.29 is 23.7 Å². The highest BCUT2D eigenvalue weighted by Crippen LogP contribution is 2.39. The van der Waals surface area contributed by atoms with E-state index in [9.17, 15) is 0 Å². The average molecular weight is 384 g/mol. The molecule has 0 unspecified atom stereocenters. The van der Waals surface area contributed by atoms with E-state index >= 15 is 0 Å². The monoisotopic (exact) mass is 384 g/mol. The van der Waals surface area contributed by atoms with E-state index in [2.05, 4.69) is 24.3 Å². The highest BCUT2D eigenvalue weighted by Gasteiger charge is 2.55. The Bertz CT molecular complexity index is 733. The summed E-state index contributed by atoms with van der Waals surface area (Å²) in [6, 6.07) is 20.3. The van der Waals surface area contributed by atoms with Crippen LogP contribution >= 0.6 is 0 Å². The highest BCUT2D eigenvalue weighted by atomic mass is 16.8. The fraction of sp³-hybridized carbons (Fsp3) is 0.478. The summed E-state index contributed by atoms with van der Waals surface area (Å²) in [6.45, 7) is 5.51. The molecular weight excluding hydrogens is 356 g/mol. The molecule has 2 aromatic rings. The third kappa shape index (κ3) is 4.80. The van der Waals surface area contributed by atoms with Gasteiger partial charge in [0.15, 0.2) is 12.1 Å². The second kappa shape index (κ2) is 8.72. The van der Waals surface area contributed by atoms with Gasteiger partial charge in [0.25, 0.3) is 0 Å². The second-order valence-electron chi connectivity index (χ2n) is 7.73. The van der Waals surface area contributed by atoms with Crippen LogP contribution in [0.4, 0.5) is 0 Å². The van der Waals surface area contributed by atoms with Gasteiger partial charge in [-0.05, 0) is 31.4 Å². The third-order valence-corrected chi connectivity index (χ3v) is 5.03. The second-order valence-corrected chi connectivity index (χ2v) is 7.73. The molecule has 0 amide bonds. The van der Waals surface area contributed by atoms with Crippen molar-refractivity contribution in [1.29, 1.82) is 0 Å². The van der Waals surface area contributed by atoms with Crippen LogP contribution in [0.1, 0.15) is 31.4 Å². The fourth-order valence-corrected chi connectivity index (χ4v) is 3.71. The van der Waals surface area contributed by atoms with Gasteiger partial charge in [-0.1, -0.05) is 60.7 Å². The van der Waals surface area contributed by atoms with Gasteiger partial charge in [-0.2, -0.15) is 0 Å². The average Bonchev–Trinajstić information content (AvgIpc) is 3.16. The van der Waals surface area contributed by atoms with Crippen LogP contribution in [-0.2, 0) is 36.9 Å². The Morgan fingerprint density at radius 1 is 0.857 bits per heavy atom. The molecule has 2 aliphatic rings. The van der Waals surface area contributed by atoms with Gasteiger partial charge in [-0.3, -0.25) is 0 Å². The number of ether oxygens (including phenoxy) is 5. The molecule has 2 aromatic carbocycles. The topological polar surface area (TPSA) is 46.2 Å². The minimum absolute atomic E-state index is 0.120. The highest BCUT2D eigenvalue weighted by molar-refractivity contribution is 5.14. The lowest BCUT2D eigenvalue weighted by Crippen LogP contribution is -2.37. The molecule has 4 rings (SSSR count). The van der Waals surface area contributed by atoms with E-state index in [4.69, 9.17) is 23.7 Å². The van der Waals surface area contributed by atoms with E-state index in [-0.39, 0.29) is 18.3 Å². The van der Waals surface area contributed by atoms with Gasteiger partial charge in [-0.15, -0.1) is 0 Å². The van der Waals surface area contributed by atoms with Crippen LogP contribution in [0.25, 0.3) is 0 Å². The van der Waals surface area contributed by atoms with E-state index in [1.807, 2.05) is 50.2 Å². The van der Waals surface area contributed by atoms with Gasteiger partial charge in [-0.25, -0.2) is 0 Å². The number of rotatable bonds is 8. The predicted molar refractivity (Wildman–Crippen MR) is 104 cm³/mol. The Labute approximate surface area is 166 Å². The first-order valence-electron chi connectivity index (χ1n) is 9.89. The lowest BCUT2D eigenvalue weighted by atomic mass is 10.1. The zero-order valence-corrected chi connectivity index (χ0v) is 16.5. The normalized spacial score (nSPS) is 28.4. The molecule has 5 heteroatoms. The quantitative estimate of drug-likeness (QED) is 0.643. The van der Waals surface area contributed by atoms with Crippen molar-refractivity contribution in [3.05, 3.63) is 71.8 Å². The molecule has 0 saturated carbocycles. The van der Waals surface area contributed by atoms with Crippen molar-refractivity contribution in [2.24, 2.45) is 0 Å². The summed E-state index contributed by atoms with van der Waals surface area (Å²) in [7, 11) is 0. The first kappa shape index (κ1) is 19.6. The summed E-state index contributed by atoms with van der Waals surface area (Å²) in [5, 5.41) is 0. The van der Waals surface area contributed by atoms with Crippen LogP contribution in [0.5, 0.6) is 0 Å². The van der Waals surface area contributed by atoms with Gasteiger partial charge >= 0.3 is 0 Å². The molecular formula is C23H28O5. The fourth-order valence-electron chi connectivity index (χ4n) is 3.71. The van der Waals surface area contributed by atoms with Gasteiger partial charge in [0.2, 0.25) is 0 Å². The van der Waals surface area contributed by atoms with Gasteiger partial charge in [0, 0.05) is 6.61 Å². The maximum absolute atomic E-state index is 6.24. The standard InChI is InChI=1S/C23H28O5/c1-23(2)27-21-20(25-16-18-11-7-4-8-12-18)19(26-22(21)28-23)13-14-24-15-17-9-5-3-6-10-17/h3-12,19-22H,13-16H2,1-2H3/t19-,20+,21-,22-/m1/s1. The van der Waals surface area contributed by atoms with Gasteiger partial charge in [0.1, 0.15) is 12.2 Å². The number of fused-ring (bicyclic) bond motifs is 1. The van der Waals surface area contributed by atoms with Crippen LogP contribution in [0, 0.1) is 0 Å². The van der Waals surface area contributed by atoms with Gasteiger partial charge < -0.3 is 23.7 Å². The zero-order chi connectivity index (χ0) is 19.4. The Balaban J connectivity index is 1.33. The summed E-state index contributed by atoms with van der Waals surface area (Å²) in [4.78, 5) is 0. The molecule has 5 nitrogen and oxygen atoms in total. The van der Waals surface area contributed by atoms with Crippen molar-refractivity contribution in [3.63, 3.8) is 0 Å². The molecule has 2 heterocycles. The largest absolute Gasteiger partial charge is 0.377 e. The van der Waals surface area contributed by atoms with Gasteiger partial charge in [0.05, 0.1) is 19.3 Å². The van der Waals surface area contributed by atoms with Crippen LogP contribution in [0.15, 0.2) is 60.7 Å². The lowest BCUT2D eigenvalue weighted by molar-refractivity contribution is -0.220. The van der Waals surface area contributed by atoms with Crippen molar-refractivity contribution in [2.75, 3.05) is 6.61 Å². The van der Waals surface area contributed by atoms with Crippen molar-refractivity contribution in [2.45, 2.75) is 63.9 Å². The Morgan fingerprint density at radius 3 is 2.18 bits per heavy atom. The molecule has 2 fully saturated rings. The molecule has 2 saturated heterocycles. The summed E-state index contributed by atoms with van der Waals surface area (Å²) >= 11 is 0. The Morgan fingerprint density at radius 2 is 1.50 bits per heavy atom. The van der Waals surface area contributed by atoms with E-state index < -0.39 is 12.1 Å². The van der Waals surface area contributed by atoms with Crippen LogP contribution in [0.3, 0.4) is 0 Å². The SMILES string of the molecule is CC1(C)O[C@H]2O[C@H](CCOCc3ccccc3)[C@H](OCc3ccccc3)[C@H]2O1. The van der Waals surface area contributed by atoms with E-state index in [0.717, 1.165) is 17.5 Å². The minimum Gasteiger partial charge on any atom is -0.377 e. The summed E-state index contributed by atoms with van der Waals surface area (Å²) < 4.78 is 30.2. The first-order chi connectivity index (χ1) is 13.6. The van der Waals surface area contributed by atoms with Crippen LogP contribution in [-0.4, -0.2) is 37.0 Å². The maximum atomic E-state index is 6.24. The van der Waals surface area contributed by atoms with Crippen molar-refractivity contribution >= 4 is 0 Å². The smallest absolute Gasteiger partial charge is 0.190 e. The van der Waals surface area contributed by atoms with Crippen molar-refractivity contribution in [1.82, 2.24) is 0 Å². The molecule has 0 radical (unpaired) electrons. The first-order valence-corrected chi connectivity index (χ1v) is 9.89. The molecule has 28 heavy (non-hydrogen) atoms. The molecule has 0 aromatic heterocycles. The van der Waals surface area contributed by atoms with Crippen LogP contribution < -0.4 is 0 Å². The Kier molecular flexibility index (Phi) is 6.09. The molecule has 0 spiro atoms. The Hall–Kier alpha value is -1.76. The van der Waals surface area contributed by atoms with Crippen molar-refractivity contribution in [3.8, 4) is 0 Å². The molecule has 2 aliphatic heterocycles. The summed E-state index contributed by atoms with van der Waals surface area (Å²) in [5.41, 5.74) is 2.29. The predicted octanol–water partition coefficient (Wildman–Crippen LogP) is 4.06. The maximum Gasteiger partial charge on any atom is 0.190 e.